The molecule has 0 aliphatic carbocycles. The summed E-state index contributed by atoms with van der Waals surface area (Å²) in [6, 6.07) is 6.11. The summed E-state index contributed by atoms with van der Waals surface area (Å²) < 4.78 is 1.05. The molecule has 76 valence electrons. The van der Waals surface area contributed by atoms with Crippen LogP contribution in [0, 0.1) is 0 Å². The zero-order valence-corrected chi connectivity index (χ0v) is 10.3. The van der Waals surface area contributed by atoms with E-state index < -0.39 is 0 Å². The first-order valence-electron chi connectivity index (χ1n) is 4.65. The van der Waals surface area contributed by atoms with E-state index in [9.17, 15) is 0 Å². The summed E-state index contributed by atoms with van der Waals surface area (Å²) in [5.41, 5.74) is 8.02. The molecule has 1 aromatic rings. The molecule has 0 bridgehead atoms. The van der Waals surface area contributed by atoms with Crippen molar-refractivity contribution in [2.24, 2.45) is 0 Å². The second kappa shape index (κ2) is 4.45. The highest BCUT2D eigenvalue weighted by Crippen LogP contribution is 2.28. The van der Waals surface area contributed by atoms with Gasteiger partial charge in [0.2, 0.25) is 0 Å². The molecule has 0 saturated carbocycles. The molecule has 0 unspecified atom stereocenters. The molecule has 1 heterocycles. The molecule has 2 nitrogen and oxygen atoms in total. The van der Waals surface area contributed by atoms with Crippen molar-refractivity contribution in [1.82, 2.24) is 0 Å². The third-order valence-electron chi connectivity index (χ3n) is 2.34. The van der Waals surface area contributed by atoms with E-state index in [1.54, 1.807) is 0 Å². The molecule has 1 aliphatic rings. The molecule has 4 heteroatoms. The quantitative estimate of drug-likeness (QED) is 0.797. The van der Waals surface area contributed by atoms with Crippen LogP contribution in [0.3, 0.4) is 0 Å². The van der Waals surface area contributed by atoms with Crippen LogP contribution in [0.4, 0.5) is 11.4 Å². The first-order chi connectivity index (χ1) is 6.77. The van der Waals surface area contributed by atoms with Gasteiger partial charge < -0.3 is 10.6 Å². The Kier molecular flexibility index (Phi) is 3.23. The van der Waals surface area contributed by atoms with E-state index >= 15 is 0 Å². The van der Waals surface area contributed by atoms with Crippen molar-refractivity contribution < 1.29 is 0 Å². The number of hydrogen-bond acceptors (Lipinski definition) is 3. The molecule has 0 amide bonds. The second-order valence-corrected chi connectivity index (χ2v) is 5.44. The summed E-state index contributed by atoms with van der Waals surface area (Å²) in [7, 11) is 0. The van der Waals surface area contributed by atoms with Gasteiger partial charge in [0.15, 0.2) is 0 Å². The van der Waals surface area contributed by atoms with E-state index in [4.69, 9.17) is 5.73 Å². The first kappa shape index (κ1) is 10.2. The van der Waals surface area contributed by atoms with Gasteiger partial charge in [-0.2, -0.15) is 11.8 Å². The molecule has 2 rings (SSSR count). The Balaban J connectivity index is 2.22. The summed E-state index contributed by atoms with van der Waals surface area (Å²) in [5, 5.41) is 0. The van der Waals surface area contributed by atoms with Crippen molar-refractivity contribution in [2.75, 3.05) is 35.2 Å². The third kappa shape index (κ3) is 2.17. The molecule has 0 spiro atoms. The fourth-order valence-corrected chi connectivity index (χ4v) is 2.90. The van der Waals surface area contributed by atoms with E-state index in [0.717, 1.165) is 23.2 Å². The zero-order chi connectivity index (χ0) is 9.97. The van der Waals surface area contributed by atoms with Crippen molar-refractivity contribution in [2.45, 2.75) is 0 Å². The Morgan fingerprint density at radius 3 is 2.64 bits per heavy atom. The van der Waals surface area contributed by atoms with Crippen LogP contribution in [0.1, 0.15) is 0 Å². The lowest BCUT2D eigenvalue weighted by Gasteiger charge is -2.29. The minimum Gasteiger partial charge on any atom is -0.397 e. The minimum atomic E-state index is 0.867. The van der Waals surface area contributed by atoms with Crippen LogP contribution in [0.2, 0.25) is 0 Å². The largest absolute Gasteiger partial charge is 0.397 e. The Morgan fingerprint density at radius 1 is 1.29 bits per heavy atom. The van der Waals surface area contributed by atoms with Gasteiger partial charge in [0.05, 0.1) is 11.4 Å². The minimum absolute atomic E-state index is 0.867. The number of benzene rings is 1. The van der Waals surface area contributed by atoms with Gasteiger partial charge in [-0.3, -0.25) is 0 Å². The SMILES string of the molecule is Nc1cc(Br)ccc1N1CCSCC1. The van der Waals surface area contributed by atoms with E-state index in [2.05, 4.69) is 26.9 Å². The molecule has 0 aromatic heterocycles. The normalized spacial score (nSPS) is 17.1. The number of anilines is 2. The van der Waals surface area contributed by atoms with Crippen LogP contribution < -0.4 is 10.6 Å². The number of nitrogens with two attached hydrogens (primary N) is 1. The van der Waals surface area contributed by atoms with Crippen LogP contribution in [0.25, 0.3) is 0 Å². The zero-order valence-electron chi connectivity index (χ0n) is 7.87. The molecule has 0 atom stereocenters. The number of thioether (sulfide) groups is 1. The van der Waals surface area contributed by atoms with E-state index in [0.29, 0.717) is 0 Å². The Hall–Kier alpha value is -0.350. The Bertz CT molecular complexity index is 324. The van der Waals surface area contributed by atoms with Crippen molar-refractivity contribution in [3.8, 4) is 0 Å². The predicted octanol–water partition coefficient (Wildman–Crippen LogP) is 2.58. The monoisotopic (exact) mass is 272 g/mol. The standard InChI is InChI=1S/C10H13BrN2S/c11-8-1-2-10(9(12)7-8)13-3-5-14-6-4-13/h1-2,7H,3-6,12H2. The smallest absolute Gasteiger partial charge is 0.0601 e. The molecule has 1 aromatic carbocycles. The average molecular weight is 273 g/mol. The molecule has 1 saturated heterocycles. The molecular weight excluding hydrogens is 260 g/mol. The summed E-state index contributed by atoms with van der Waals surface area (Å²) >= 11 is 5.43. The van der Waals surface area contributed by atoms with Gasteiger partial charge in [-0.15, -0.1) is 0 Å². The van der Waals surface area contributed by atoms with Crippen LogP contribution in [-0.2, 0) is 0 Å². The van der Waals surface area contributed by atoms with Crippen molar-refractivity contribution in [3.63, 3.8) is 0 Å². The molecule has 14 heavy (non-hydrogen) atoms. The highest BCUT2D eigenvalue weighted by atomic mass is 79.9. The molecule has 2 N–H and O–H groups in total. The van der Waals surface area contributed by atoms with E-state index in [-0.39, 0.29) is 0 Å². The lowest BCUT2D eigenvalue weighted by atomic mass is 10.2. The molecular formula is C10H13BrN2S. The van der Waals surface area contributed by atoms with Crippen molar-refractivity contribution in [3.05, 3.63) is 22.7 Å². The maximum Gasteiger partial charge on any atom is 0.0601 e. The average Bonchev–Trinajstić information content (AvgIpc) is 2.19. The number of hydrogen-bond donors (Lipinski definition) is 1. The van der Waals surface area contributed by atoms with Gasteiger partial charge in [-0.05, 0) is 18.2 Å². The number of nitrogen functional groups attached to an aromatic ring is 1. The van der Waals surface area contributed by atoms with Gasteiger partial charge in [0.1, 0.15) is 0 Å². The topological polar surface area (TPSA) is 29.3 Å². The number of halogens is 1. The van der Waals surface area contributed by atoms with Gasteiger partial charge >= 0.3 is 0 Å². The third-order valence-corrected chi connectivity index (χ3v) is 3.78. The van der Waals surface area contributed by atoms with Crippen molar-refractivity contribution in [1.29, 1.82) is 0 Å². The van der Waals surface area contributed by atoms with Crippen LogP contribution >= 0.6 is 27.7 Å². The van der Waals surface area contributed by atoms with E-state index in [1.165, 1.54) is 17.2 Å². The maximum absolute atomic E-state index is 5.97. The first-order valence-corrected chi connectivity index (χ1v) is 6.60. The van der Waals surface area contributed by atoms with Gasteiger partial charge in [0, 0.05) is 29.1 Å². The van der Waals surface area contributed by atoms with Gasteiger partial charge in [-0.1, -0.05) is 15.9 Å². The number of nitrogens with zero attached hydrogens (tertiary/aromatic N) is 1. The van der Waals surface area contributed by atoms with Crippen LogP contribution in [-0.4, -0.2) is 24.6 Å². The summed E-state index contributed by atoms with van der Waals surface area (Å²) in [4.78, 5) is 2.36. The fraction of sp³-hybridized carbons (Fsp3) is 0.400. The van der Waals surface area contributed by atoms with Gasteiger partial charge in [0.25, 0.3) is 0 Å². The summed E-state index contributed by atoms with van der Waals surface area (Å²) in [6.07, 6.45) is 0. The molecule has 1 fully saturated rings. The lowest BCUT2D eigenvalue weighted by Crippen LogP contribution is -2.32. The highest BCUT2D eigenvalue weighted by Gasteiger charge is 2.13. The number of rotatable bonds is 1. The summed E-state index contributed by atoms with van der Waals surface area (Å²) in [6.45, 7) is 2.22. The van der Waals surface area contributed by atoms with E-state index in [1.807, 2.05) is 23.9 Å². The lowest BCUT2D eigenvalue weighted by molar-refractivity contribution is 0.860. The van der Waals surface area contributed by atoms with Crippen molar-refractivity contribution >= 4 is 39.1 Å². The van der Waals surface area contributed by atoms with Gasteiger partial charge in [-0.25, -0.2) is 0 Å². The molecule has 0 radical (unpaired) electrons. The van der Waals surface area contributed by atoms with Crippen LogP contribution in [0.15, 0.2) is 22.7 Å². The summed E-state index contributed by atoms with van der Waals surface area (Å²) in [5.74, 6) is 2.41. The Morgan fingerprint density at radius 2 is 2.00 bits per heavy atom. The van der Waals surface area contributed by atoms with Crippen LogP contribution in [0.5, 0.6) is 0 Å². The molecule has 1 aliphatic heterocycles. The Labute approximate surface area is 97.0 Å². The predicted molar refractivity (Wildman–Crippen MR) is 68.1 cm³/mol. The maximum atomic E-state index is 5.97. The fourth-order valence-electron chi connectivity index (χ4n) is 1.62. The highest BCUT2D eigenvalue weighted by molar-refractivity contribution is 9.10. The second-order valence-electron chi connectivity index (χ2n) is 3.30.